The second-order valence-electron chi connectivity index (χ2n) is 3.80. The molecule has 0 spiro atoms. The van der Waals surface area contributed by atoms with Crippen LogP contribution in [0.15, 0.2) is 18.2 Å². The van der Waals surface area contributed by atoms with Crippen molar-refractivity contribution in [1.82, 2.24) is 4.90 Å². The van der Waals surface area contributed by atoms with Crippen molar-refractivity contribution in [2.24, 2.45) is 0 Å². The first kappa shape index (κ1) is 14.4. The van der Waals surface area contributed by atoms with Crippen LogP contribution in [0.3, 0.4) is 0 Å². The zero-order valence-electron chi connectivity index (χ0n) is 10.7. The number of hydrogen-bond acceptors (Lipinski definition) is 3. The van der Waals surface area contributed by atoms with Gasteiger partial charge in [0.1, 0.15) is 5.82 Å². The summed E-state index contributed by atoms with van der Waals surface area (Å²) in [5, 5.41) is 11.8. The number of amides is 1. The van der Waals surface area contributed by atoms with E-state index in [4.69, 9.17) is 5.11 Å². The molecular weight excluding hydrogens is 235 g/mol. The van der Waals surface area contributed by atoms with Gasteiger partial charge >= 0.3 is 0 Å². The molecule has 0 saturated carbocycles. The minimum absolute atomic E-state index is 0.106. The van der Waals surface area contributed by atoms with E-state index >= 15 is 0 Å². The van der Waals surface area contributed by atoms with Crippen molar-refractivity contribution in [1.29, 1.82) is 0 Å². The van der Waals surface area contributed by atoms with Crippen LogP contribution in [0.1, 0.15) is 24.2 Å². The zero-order chi connectivity index (χ0) is 13.5. The number of likely N-dealkylation sites (N-methyl/N-ethyl adjacent to an activating group) is 1. The van der Waals surface area contributed by atoms with Crippen molar-refractivity contribution in [2.45, 2.75) is 13.8 Å². The summed E-state index contributed by atoms with van der Waals surface area (Å²) in [5.41, 5.74) is 0.522. The van der Waals surface area contributed by atoms with Gasteiger partial charge in [0.2, 0.25) is 0 Å². The zero-order valence-corrected chi connectivity index (χ0v) is 10.7. The van der Waals surface area contributed by atoms with E-state index in [1.165, 1.54) is 17.0 Å². The first-order valence-corrected chi connectivity index (χ1v) is 6.08. The Morgan fingerprint density at radius 2 is 2.17 bits per heavy atom. The minimum Gasteiger partial charge on any atom is -0.395 e. The topological polar surface area (TPSA) is 52.6 Å². The van der Waals surface area contributed by atoms with Gasteiger partial charge in [0.05, 0.1) is 17.9 Å². The highest BCUT2D eigenvalue weighted by molar-refractivity contribution is 5.99. The molecule has 1 amide bonds. The average molecular weight is 254 g/mol. The molecule has 2 N–H and O–H groups in total. The molecule has 0 fully saturated rings. The fraction of sp³-hybridized carbons (Fsp3) is 0.462. The second-order valence-corrected chi connectivity index (χ2v) is 3.80. The van der Waals surface area contributed by atoms with Crippen LogP contribution in [0.2, 0.25) is 0 Å². The molecule has 0 atom stereocenters. The van der Waals surface area contributed by atoms with Gasteiger partial charge in [-0.05, 0) is 26.0 Å². The number of nitrogens with one attached hydrogen (secondary N) is 1. The Morgan fingerprint density at radius 3 is 2.72 bits per heavy atom. The van der Waals surface area contributed by atoms with Crippen LogP contribution in [0.25, 0.3) is 0 Å². The van der Waals surface area contributed by atoms with Gasteiger partial charge in [0.15, 0.2) is 0 Å². The predicted octanol–water partition coefficient (Wildman–Crippen LogP) is 1.71. The number of benzene rings is 1. The summed E-state index contributed by atoms with van der Waals surface area (Å²) in [6.45, 7) is 4.81. The molecule has 0 unspecified atom stereocenters. The quantitative estimate of drug-likeness (QED) is 0.812. The van der Waals surface area contributed by atoms with Gasteiger partial charge in [0.25, 0.3) is 5.91 Å². The molecule has 0 saturated heterocycles. The number of anilines is 1. The molecule has 0 aromatic heterocycles. The van der Waals surface area contributed by atoms with Crippen LogP contribution in [0.5, 0.6) is 0 Å². The van der Waals surface area contributed by atoms with Gasteiger partial charge in [-0.2, -0.15) is 0 Å². The van der Waals surface area contributed by atoms with Crippen LogP contribution >= 0.6 is 0 Å². The first-order chi connectivity index (χ1) is 8.65. The summed E-state index contributed by atoms with van der Waals surface area (Å²) in [6, 6.07) is 4.41. The fourth-order valence-electron chi connectivity index (χ4n) is 1.75. The molecular formula is C13H19FN2O2. The number of nitrogens with zero attached hydrogens (tertiary/aromatic N) is 1. The highest BCUT2D eigenvalue weighted by atomic mass is 19.1. The molecule has 4 nitrogen and oxygen atoms in total. The van der Waals surface area contributed by atoms with Crippen LogP contribution in [0.4, 0.5) is 10.1 Å². The second kappa shape index (κ2) is 6.96. The smallest absolute Gasteiger partial charge is 0.256 e. The third-order valence-corrected chi connectivity index (χ3v) is 2.64. The highest BCUT2D eigenvalue weighted by Crippen LogP contribution is 2.21. The summed E-state index contributed by atoms with van der Waals surface area (Å²) in [7, 11) is 0. The van der Waals surface area contributed by atoms with Crippen molar-refractivity contribution < 1.29 is 14.3 Å². The lowest BCUT2D eigenvalue weighted by atomic mass is 10.1. The maximum Gasteiger partial charge on any atom is 0.256 e. The van der Waals surface area contributed by atoms with Gasteiger partial charge in [-0.1, -0.05) is 6.07 Å². The normalized spacial score (nSPS) is 10.2. The highest BCUT2D eigenvalue weighted by Gasteiger charge is 2.19. The van der Waals surface area contributed by atoms with E-state index < -0.39 is 5.82 Å². The van der Waals surface area contributed by atoms with Gasteiger partial charge in [0, 0.05) is 19.6 Å². The molecule has 0 radical (unpaired) electrons. The van der Waals surface area contributed by atoms with E-state index in [0.29, 0.717) is 18.7 Å². The SMILES string of the molecule is CCNc1c(F)cccc1C(=O)N(CC)CCO. The van der Waals surface area contributed by atoms with Crippen molar-refractivity contribution in [3.05, 3.63) is 29.6 Å². The Morgan fingerprint density at radius 1 is 1.44 bits per heavy atom. The molecule has 1 aromatic rings. The lowest BCUT2D eigenvalue weighted by Gasteiger charge is -2.21. The maximum absolute atomic E-state index is 13.7. The third-order valence-electron chi connectivity index (χ3n) is 2.64. The van der Waals surface area contributed by atoms with E-state index in [-0.39, 0.29) is 24.7 Å². The molecule has 1 rings (SSSR count). The van der Waals surface area contributed by atoms with E-state index in [1.54, 1.807) is 6.07 Å². The predicted molar refractivity (Wildman–Crippen MR) is 69.2 cm³/mol. The minimum atomic E-state index is -0.442. The van der Waals surface area contributed by atoms with E-state index in [2.05, 4.69) is 5.32 Å². The molecule has 1 aromatic carbocycles. The summed E-state index contributed by atoms with van der Waals surface area (Å²) < 4.78 is 13.7. The van der Waals surface area contributed by atoms with E-state index in [9.17, 15) is 9.18 Å². The molecule has 0 aliphatic carbocycles. The number of aliphatic hydroxyl groups excluding tert-OH is 1. The number of rotatable bonds is 6. The lowest BCUT2D eigenvalue weighted by molar-refractivity contribution is 0.0732. The fourth-order valence-corrected chi connectivity index (χ4v) is 1.75. The van der Waals surface area contributed by atoms with Gasteiger partial charge in [-0.15, -0.1) is 0 Å². The first-order valence-electron chi connectivity index (χ1n) is 6.08. The van der Waals surface area contributed by atoms with Crippen molar-refractivity contribution in [3.63, 3.8) is 0 Å². The monoisotopic (exact) mass is 254 g/mol. The molecule has 5 heteroatoms. The van der Waals surface area contributed by atoms with E-state index in [0.717, 1.165) is 0 Å². The van der Waals surface area contributed by atoms with Crippen molar-refractivity contribution in [2.75, 3.05) is 31.6 Å². The Labute approximate surface area is 106 Å². The maximum atomic E-state index is 13.7. The summed E-state index contributed by atoms with van der Waals surface area (Å²) in [4.78, 5) is 13.7. The number of hydrogen-bond donors (Lipinski definition) is 2. The standard InChI is InChI=1S/C13H19FN2O2/c1-3-15-12-10(6-5-7-11(12)14)13(18)16(4-2)8-9-17/h5-7,15,17H,3-4,8-9H2,1-2H3. The van der Waals surface area contributed by atoms with E-state index in [1.807, 2.05) is 13.8 Å². The Hall–Kier alpha value is -1.62. The largest absolute Gasteiger partial charge is 0.395 e. The average Bonchev–Trinajstić information content (AvgIpc) is 2.37. The number of carbonyl (C=O) groups excluding carboxylic acids is 1. The Bertz CT molecular complexity index is 410. The molecule has 0 heterocycles. The molecule has 0 aliphatic heterocycles. The lowest BCUT2D eigenvalue weighted by Crippen LogP contribution is -2.34. The summed E-state index contributed by atoms with van der Waals surface area (Å²) >= 11 is 0. The number of para-hydroxylation sites is 1. The van der Waals surface area contributed by atoms with Crippen LogP contribution in [-0.4, -0.2) is 42.2 Å². The summed E-state index contributed by atoms with van der Waals surface area (Å²) in [6.07, 6.45) is 0. The number of carbonyl (C=O) groups is 1. The molecule has 0 bridgehead atoms. The van der Waals surface area contributed by atoms with Crippen molar-refractivity contribution >= 4 is 11.6 Å². The van der Waals surface area contributed by atoms with Gasteiger partial charge in [-0.3, -0.25) is 4.79 Å². The molecule has 18 heavy (non-hydrogen) atoms. The Kier molecular flexibility index (Phi) is 5.58. The molecule has 0 aliphatic rings. The van der Waals surface area contributed by atoms with Gasteiger partial charge < -0.3 is 15.3 Å². The third kappa shape index (κ3) is 3.20. The summed E-state index contributed by atoms with van der Waals surface area (Å²) in [5.74, 6) is -0.718. The number of aliphatic hydroxyl groups is 1. The Balaban J connectivity index is 3.07. The van der Waals surface area contributed by atoms with Gasteiger partial charge in [-0.25, -0.2) is 4.39 Å². The number of halogens is 1. The van der Waals surface area contributed by atoms with Crippen LogP contribution in [0, 0.1) is 5.82 Å². The van der Waals surface area contributed by atoms with Crippen molar-refractivity contribution in [3.8, 4) is 0 Å². The van der Waals surface area contributed by atoms with Crippen LogP contribution < -0.4 is 5.32 Å². The molecule has 100 valence electrons. The van der Waals surface area contributed by atoms with Crippen LogP contribution in [-0.2, 0) is 0 Å².